The van der Waals surface area contributed by atoms with Gasteiger partial charge < -0.3 is 28.6 Å². The topological polar surface area (TPSA) is 83.8 Å². The number of fused-ring (bicyclic) bond motifs is 8. The van der Waals surface area contributed by atoms with Gasteiger partial charge in [0.15, 0.2) is 6.10 Å². The van der Waals surface area contributed by atoms with Crippen LogP contribution in [0, 0.1) is 13.8 Å². The Morgan fingerprint density at radius 1 is 1.02 bits per heavy atom. The van der Waals surface area contributed by atoms with Gasteiger partial charge in [-0.15, -0.1) is 13.2 Å². The normalized spacial score (nSPS) is 20.5. The number of ether oxygens (including phenoxy) is 5. The fourth-order valence-corrected chi connectivity index (χ4v) is 7.28. The highest BCUT2D eigenvalue weighted by Gasteiger charge is 2.38. The molecule has 0 N–H and O–H groups in total. The van der Waals surface area contributed by atoms with Crippen LogP contribution in [0.2, 0.25) is 0 Å². The van der Waals surface area contributed by atoms with Gasteiger partial charge in [-0.1, -0.05) is 18.2 Å². The van der Waals surface area contributed by atoms with Gasteiger partial charge in [-0.25, -0.2) is 9.78 Å². The summed E-state index contributed by atoms with van der Waals surface area (Å²) in [5.74, 6) is 0.423. The van der Waals surface area contributed by atoms with Crippen molar-refractivity contribution < 1.29 is 41.7 Å². The molecule has 286 valence electrons. The molecule has 0 spiro atoms. The van der Waals surface area contributed by atoms with E-state index in [0.29, 0.717) is 42.3 Å². The molecule has 7 rings (SSSR count). The van der Waals surface area contributed by atoms with Crippen molar-refractivity contribution in [3.05, 3.63) is 65.4 Å². The Labute approximate surface area is 309 Å². The van der Waals surface area contributed by atoms with Crippen LogP contribution in [0.25, 0.3) is 28.0 Å². The van der Waals surface area contributed by atoms with Gasteiger partial charge in [-0.2, -0.15) is 0 Å². The van der Waals surface area contributed by atoms with Crippen molar-refractivity contribution in [2.75, 3.05) is 31.7 Å². The number of imidazole rings is 1. The molecular formula is C41H50F3N3O6. The highest BCUT2D eigenvalue weighted by Crippen LogP contribution is 2.42. The van der Waals surface area contributed by atoms with Crippen molar-refractivity contribution in [1.29, 1.82) is 0 Å². The van der Waals surface area contributed by atoms with Gasteiger partial charge in [-0.3, -0.25) is 4.40 Å². The molecule has 1 fully saturated rings. The van der Waals surface area contributed by atoms with Gasteiger partial charge in [0.1, 0.15) is 23.0 Å². The number of carbonyl (C=O) groups excluding carboxylic acids is 1. The fraction of sp³-hybridized carbons (Fsp3) is 0.512. The van der Waals surface area contributed by atoms with Crippen LogP contribution in [0.5, 0.6) is 11.5 Å². The quantitative estimate of drug-likeness (QED) is 0.192. The third-order valence-electron chi connectivity index (χ3n) is 10.2. The molecule has 12 heteroatoms. The van der Waals surface area contributed by atoms with Crippen LogP contribution >= 0.6 is 0 Å². The molecule has 5 heterocycles. The number of halogens is 3. The smallest absolute Gasteiger partial charge is 0.490 e. The molecule has 53 heavy (non-hydrogen) atoms. The van der Waals surface area contributed by atoms with E-state index < -0.39 is 24.0 Å². The number of alkyl halides is 3. The van der Waals surface area contributed by atoms with E-state index in [-0.39, 0.29) is 17.5 Å². The Kier molecular flexibility index (Phi) is 10.8. The number of pyridine rings is 1. The summed E-state index contributed by atoms with van der Waals surface area (Å²) >= 11 is 0. The van der Waals surface area contributed by atoms with Crippen LogP contribution in [0.15, 0.2) is 48.7 Å². The third kappa shape index (κ3) is 8.59. The Bertz CT molecular complexity index is 1960. The number of hydrogen-bond acceptors (Lipinski definition) is 8. The standard InChI is InChI=1S/C41H50F3N3O6/c1-25-12-9-10-21-50-40(7)17-19-46(20-18-40)37-34(35(38(48)49-8)53-39(4,5)6)26(2)27(3)36-45-32(24-47(36)37)29-14-11-13-28(22-29)31-23-30(52-41(42,43)44)15-16-33(31)51-25/h11,13-16,22-25,35H,9-10,12,17-21H2,1-8H3. The first kappa shape index (κ1) is 38.4. The molecule has 1 saturated heterocycles. The van der Waals surface area contributed by atoms with Crippen LogP contribution in [0.4, 0.5) is 19.0 Å². The van der Waals surface area contributed by atoms with Crippen molar-refractivity contribution in [3.8, 4) is 33.9 Å². The third-order valence-corrected chi connectivity index (χ3v) is 10.2. The number of esters is 1. The largest absolute Gasteiger partial charge is 0.573 e. The number of piperidine rings is 1. The zero-order chi connectivity index (χ0) is 38.3. The van der Waals surface area contributed by atoms with Crippen molar-refractivity contribution in [2.45, 2.75) is 110 Å². The second-order valence-corrected chi connectivity index (χ2v) is 15.4. The van der Waals surface area contributed by atoms with E-state index in [4.69, 9.17) is 23.9 Å². The molecule has 0 radical (unpaired) electrons. The Morgan fingerprint density at radius 3 is 2.42 bits per heavy atom. The second kappa shape index (κ2) is 14.9. The zero-order valence-corrected chi connectivity index (χ0v) is 31.9. The number of nitrogens with zero attached hydrogens (tertiary/aromatic N) is 3. The lowest BCUT2D eigenvalue weighted by atomic mass is 9.92. The number of carbonyl (C=O) groups is 1. The number of aromatic nitrogens is 2. The van der Waals surface area contributed by atoms with Crippen molar-refractivity contribution in [2.24, 2.45) is 0 Å². The molecule has 3 aliphatic rings. The molecule has 0 aliphatic carbocycles. The molecule has 0 saturated carbocycles. The SMILES string of the molecule is COC(=O)C(OC(C)(C)C)c1c(C)c(C)c2nc3cn2c1N1CCC(C)(CC1)OCCCCC(C)Oc1ccc(OC(F)(F)F)cc1-c1cccc-3c1. The summed E-state index contributed by atoms with van der Waals surface area (Å²) < 4.78 is 71.0. The summed E-state index contributed by atoms with van der Waals surface area (Å²) in [6.45, 7) is 15.8. The number of hydrogen-bond donors (Lipinski definition) is 0. The highest BCUT2D eigenvalue weighted by atomic mass is 19.4. The van der Waals surface area contributed by atoms with Gasteiger partial charge in [-0.05, 0) is 122 Å². The second-order valence-electron chi connectivity index (χ2n) is 15.4. The Balaban J connectivity index is 1.57. The van der Waals surface area contributed by atoms with Crippen molar-refractivity contribution >= 4 is 17.4 Å². The van der Waals surface area contributed by atoms with Gasteiger partial charge >= 0.3 is 12.3 Å². The minimum absolute atomic E-state index is 0.191. The van der Waals surface area contributed by atoms with E-state index in [0.717, 1.165) is 65.8 Å². The van der Waals surface area contributed by atoms with E-state index in [1.165, 1.54) is 25.3 Å². The van der Waals surface area contributed by atoms with Gasteiger partial charge in [0.25, 0.3) is 0 Å². The van der Waals surface area contributed by atoms with Gasteiger partial charge in [0.2, 0.25) is 0 Å². The number of rotatable bonds is 4. The maximum Gasteiger partial charge on any atom is 0.573 e. The summed E-state index contributed by atoms with van der Waals surface area (Å²) in [7, 11) is 1.37. The van der Waals surface area contributed by atoms with E-state index in [9.17, 15) is 18.0 Å². The maximum absolute atomic E-state index is 13.6. The molecule has 3 aliphatic heterocycles. The van der Waals surface area contributed by atoms with Gasteiger partial charge in [0, 0.05) is 42.6 Å². The van der Waals surface area contributed by atoms with E-state index >= 15 is 0 Å². The number of benzene rings is 2. The first-order valence-corrected chi connectivity index (χ1v) is 18.3. The molecule has 2 unspecified atom stereocenters. The van der Waals surface area contributed by atoms with Crippen LogP contribution in [0.3, 0.4) is 0 Å². The van der Waals surface area contributed by atoms with Crippen LogP contribution < -0.4 is 14.4 Å². The minimum Gasteiger partial charge on any atom is -0.490 e. The van der Waals surface area contributed by atoms with Crippen molar-refractivity contribution in [1.82, 2.24) is 9.38 Å². The fourth-order valence-electron chi connectivity index (χ4n) is 7.28. The van der Waals surface area contributed by atoms with Crippen LogP contribution in [0.1, 0.15) is 89.5 Å². The summed E-state index contributed by atoms with van der Waals surface area (Å²) in [5.41, 5.74) is 4.72. The molecule has 2 aromatic carbocycles. The molecule has 6 bridgehead atoms. The van der Waals surface area contributed by atoms with E-state index in [1.54, 1.807) is 0 Å². The van der Waals surface area contributed by atoms with Gasteiger partial charge in [0.05, 0.1) is 30.1 Å². The summed E-state index contributed by atoms with van der Waals surface area (Å²) in [5, 5.41) is 0. The first-order chi connectivity index (χ1) is 24.9. The summed E-state index contributed by atoms with van der Waals surface area (Å²) in [4.78, 5) is 21.0. The molecular weight excluding hydrogens is 687 g/mol. The predicted octanol–water partition coefficient (Wildman–Crippen LogP) is 9.54. The van der Waals surface area contributed by atoms with Crippen LogP contribution in [-0.2, 0) is 19.0 Å². The number of anilines is 1. The molecule has 2 atom stereocenters. The van der Waals surface area contributed by atoms with Crippen molar-refractivity contribution in [3.63, 3.8) is 0 Å². The predicted molar refractivity (Wildman–Crippen MR) is 198 cm³/mol. The zero-order valence-electron chi connectivity index (χ0n) is 31.9. The first-order valence-electron chi connectivity index (χ1n) is 18.3. The maximum atomic E-state index is 13.6. The lowest BCUT2D eigenvalue weighted by molar-refractivity contribution is -0.274. The molecule has 2 aromatic heterocycles. The lowest BCUT2D eigenvalue weighted by Gasteiger charge is -2.42. The molecule has 9 nitrogen and oxygen atoms in total. The summed E-state index contributed by atoms with van der Waals surface area (Å²) in [6, 6.07) is 11.7. The highest BCUT2D eigenvalue weighted by molar-refractivity contribution is 5.83. The molecule has 0 amide bonds. The number of methoxy groups -OCH3 is 1. The average Bonchev–Trinajstić information content (AvgIpc) is 3.54. The van der Waals surface area contributed by atoms with E-state index in [2.05, 4.69) is 16.6 Å². The lowest BCUT2D eigenvalue weighted by Crippen LogP contribution is -2.45. The Hall–Kier alpha value is -4.29. The summed E-state index contributed by atoms with van der Waals surface area (Å²) in [6.07, 6.45) is -0.0843. The number of aryl methyl sites for hydroxylation is 1. The minimum atomic E-state index is -4.85. The Morgan fingerprint density at radius 2 is 1.74 bits per heavy atom. The molecule has 4 aromatic rings. The average molecular weight is 738 g/mol. The monoisotopic (exact) mass is 737 g/mol. The van der Waals surface area contributed by atoms with E-state index in [1.807, 2.05) is 76.4 Å². The van der Waals surface area contributed by atoms with Crippen LogP contribution in [-0.4, -0.2) is 65.8 Å².